The zero-order chi connectivity index (χ0) is 16.4. The van der Waals surface area contributed by atoms with Crippen molar-refractivity contribution >= 4 is 17.2 Å². The normalized spacial score (nSPS) is 17.8. The minimum atomic E-state index is 0.0829. The predicted octanol–water partition coefficient (Wildman–Crippen LogP) is 3.48. The van der Waals surface area contributed by atoms with Crippen LogP contribution < -0.4 is 0 Å². The van der Waals surface area contributed by atoms with Crippen molar-refractivity contribution in [2.75, 3.05) is 13.1 Å². The summed E-state index contributed by atoms with van der Waals surface area (Å²) in [6.45, 7) is 1.54. The van der Waals surface area contributed by atoms with Gasteiger partial charge in [-0.2, -0.15) is 0 Å². The second kappa shape index (κ2) is 6.57. The Hall–Kier alpha value is -2.47. The number of carbonyl (C=O) groups is 1. The van der Waals surface area contributed by atoms with E-state index in [0.29, 0.717) is 10.9 Å². The summed E-state index contributed by atoms with van der Waals surface area (Å²) in [6, 6.07) is 10.3. The highest BCUT2D eigenvalue weighted by molar-refractivity contribution is 7.16. The summed E-state index contributed by atoms with van der Waals surface area (Å²) >= 11 is 1.46. The molecular weight excluding hydrogens is 320 g/mol. The van der Waals surface area contributed by atoms with E-state index >= 15 is 0 Å². The summed E-state index contributed by atoms with van der Waals surface area (Å²) in [5.74, 6) is 0.0829. The number of amides is 1. The lowest BCUT2D eigenvalue weighted by molar-refractivity contribution is 0.0684. The number of imidazole rings is 1. The molecule has 1 unspecified atom stereocenters. The van der Waals surface area contributed by atoms with Gasteiger partial charge in [0.25, 0.3) is 5.91 Å². The molecule has 0 aliphatic carbocycles. The highest BCUT2D eigenvalue weighted by Gasteiger charge is 2.26. The summed E-state index contributed by atoms with van der Waals surface area (Å²) in [6.07, 6.45) is 9.39. The van der Waals surface area contributed by atoms with E-state index in [2.05, 4.69) is 14.5 Å². The minimum Gasteiger partial charge on any atom is -0.336 e. The van der Waals surface area contributed by atoms with Crippen LogP contribution in [0.25, 0.3) is 10.6 Å². The molecule has 3 aromatic rings. The van der Waals surface area contributed by atoms with E-state index in [1.54, 1.807) is 12.4 Å². The highest BCUT2D eigenvalue weighted by Crippen LogP contribution is 2.28. The first-order chi connectivity index (χ1) is 11.8. The molecule has 1 saturated heterocycles. The van der Waals surface area contributed by atoms with Crippen molar-refractivity contribution < 1.29 is 4.79 Å². The molecule has 0 spiro atoms. The lowest BCUT2D eigenvalue weighted by Crippen LogP contribution is -2.40. The van der Waals surface area contributed by atoms with Crippen molar-refractivity contribution in [3.63, 3.8) is 0 Å². The van der Waals surface area contributed by atoms with Gasteiger partial charge >= 0.3 is 0 Å². The van der Waals surface area contributed by atoms with Gasteiger partial charge in [-0.1, -0.05) is 30.3 Å². The molecule has 1 amide bonds. The number of hydrogen-bond acceptors (Lipinski definition) is 4. The van der Waals surface area contributed by atoms with Gasteiger partial charge in [-0.05, 0) is 12.8 Å². The molecule has 1 aromatic carbocycles. The zero-order valence-electron chi connectivity index (χ0n) is 13.2. The van der Waals surface area contributed by atoms with E-state index < -0.39 is 0 Å². The Kier molecular flexibility index (Phi) is 4.13. The molecule has 3 heterocycles. The molecule has 4 rings (SSSR count). The Balaban J connectivity index is 1.50. The molecule has 1 aliphatic rings. The summed E-state index contributed by atoms with van der Waals surface area (Å²) < 4.78 is 2.10. The highest BCUT2D eigenvalue weighted by atomic mass is 32.1. The maximum absolute atomic E-state index is 12.8. The molecule has 2 aromatic heterocycles. The number of hydrogen-bond donors (Lipinski definition) is 0. The van der Waals surface area contributed by atoms with Gasteiger partial charge in [0.1, 0.15) is 9.88 Å². The Bertz CT molecular complexity index is 813. The third-order valence-corrected chi connectivity index (χ3v) is 5.40. The van der Waals surface area contributed by atoms with E-state index in [9.17, 15) is 4.79 Å². The third kappa shape index (κ3) is 2.97. The molecule has 0 saturated carbocycles. The molecule has 1 atom stereocenters. The Labute approximate surface area is 144 Å². The first-order valence-electron chi connectivity index (χ1n) is 8.09. The first-order valence-corrected chi connectivity index (χ1v) is 8.91. The monoisotopic (exact) mass is 338 g/mol. The van der Waals surface area contributed by atoms with E-state index in [4.69, 9.17) is 0 Å². The lowest BCUT2D eigenvalue weighted by Gasteiger charge is -2.33. The Morgan fingerprint density at radius 3 is 2.92 bits per heavy atom. The predicted molar refractivity (Wildman–Crippen MR) is 94.0 cm³/mol. The van der Waals surface area contributed by atoms with Crippen LogP contribution in [0.5, 0.6) is 0 Å². The number of benzene rings is 1. The van der Waals surface area contributed by atoms with Crippen LogP contribution in [0.4, 0.5) is 0 Å². The van der Waals surface area contributed by atoms with Crippen molar-refractivity contribution in [2.45, 2.75) is 18.9 Å². The smallest absolute Gasteiger partial charge is 0.265 e. The van der Waals surface area contributed by atoms with Crippen LogP contribution in [-0.2, 0) is 0 Å². The number of piperidine rings is 1. The maximum atomic E-state index is 12.8. The summed E-state index contributed by atoms with van der Waals surface area (Å²) in [5, 5.41) is 0.891. The number of nitrogens with zero attached hydrogens (tertiary/aromatic N) is 4. The van der Waals surface area contributed by atoms with Crippen LogP contribution in [0.2, 0.25) is 0 Å². The number of carbonyl (C=O) groups excluding carboxylic acids is 1. The molecule has 6 heteroatoms. The van der Waals surface area contributed by atoms with Crippen molar-refractivity contribution in [3.05, 3.63) is 60.1 Å². The summed E-state index contributed by atoms with van der Waals surface area (Å²) in [4.78, 5) is 24.0. The van der Waals surface area contributed by atoms with Crippen LogP contribution in [-0.4, -0.2) is 38.4 Å². The van der Waals surface area contributed by atoms with Gasteiger partial charge in [0.2, 0.25) is 0 Å². The average Bonchev–Trinajstić information content (AvgIpc) is 3.34. The van der Waals surface area contributed by atoms with Crippen molar-refractivity contribution in [1.82, 2.24) is 19.4 Å². The Morgan fingerprint density at radius 2 is 2.12 bits per heavy atom. The average molecular weight is 338 g/mol. The van der Waals surface area contributed by atoms with Gasteiger partial charge in [0.15, 0.2) is 0 Å². The quantitative estimate of drug-likeness (QED) is 0.734. The van der Waals surface area contributed by atoms with Gasteiger partial charge in [-0.15, -0.1) is 11.3 Å². The van der Waals surface area contributed by atoms with Crippen LogP contribution in [0.1, 0.15) is 28.6 Å². The fourth-order valence-electron chi connectivity index (χ4n) is 3.11. The van der Waals surface area contributed by atoms with E-state index in [1.807, 2.05) is 47.8 Å². The Morgan fingerprint density at radius 1 is 1.25 bits per heavy atom. The molecular formula is C18H18N4OS. The van der Waals surface area contributed by atoms with Crippen molar-refractivity contribution in [2.24, 2.45) is 0 Å². The molecule has 24 heavy (non-hydrogen) atoms. The fourth-order valence-corrected chi connectivity index (χ4v) is 4.00. The number of aromatic nitrogens is 3. The maximum Gasteiger partial charge on any atom is 0.265 e. The third-order valence-electron chi connectivity index (χ3n) is 4.37. The van der Waals surface area contributed by atoms with Crippen LogP contribution in [0, 0.1) is 0 Å². The molecule has 0 N–H and O–H groups in total. The fraction of sp³-hybridized carbons (Fsp3) is 0.278. The van der Waals surface area contributed by atoms with Gasteiger partial charge in [0, 0.05) is 31.0 Å². The summed E-state index contributed by atoms with van der Waals surface area (Å²) in [5.41, 5.74) is 1.05. The number of thiazole rings is 1. The van der Waals surface area contributed by atoms with E-state index in [1.165, 1.54) is 11.3 Å². The second-order valence-corrected chi connectivity index (χ2v) is 6.98. The molecule has 0 bridgehead atoms. The van der Waals surface area contributed by atoms with E-state index in [0.717, 1.165) is 36.5 Å². The van der Waals surface area contributed by atoms with Gasteiger partial charge in [0.05, 0.1) is 18.6 Å². The molecule has 1 fully saturated rings. The molecule has 0 radical (unpaired) electrons. The summed E-state index contributed by atoms with van der Waals surface area (Å²) in [7, 11) is 0. The van der Waals surface area contributed by atoms with Gasteiger partial charge in [-0.3, -0.25) is 4.79 Å². The molecule has 5 nitrogen and oxygen atoms in total. The van der Waals surface area contributed by atoms with Crippen LogP contribution in [0.3, 0.4) is 0 Å². The minimum absolute atomic E-state index is 0.0829. The number of likely N-dealkylation sites (tertiary alicyclic amines) is 1. The topological polar surface area (TPSA) is 51.0 Å². The SMILES string of the molecule is O=C(c1cnc(-c2ccccc2)s1)N1CCCC(n2ccnc2)C1. The largest absolute Gasteiger partial charge is 0.336 e. The molecule has 1 aliphatic heterocycles. The van der Waals surface area contributed by atoms with Crippen molar-refractivity contribution in [3.8, 4) is 10.6 Å². The molecule has 122 valence electrons. The van der Waals surface area contributed by atoms with Crippen LogP contribution in [0.15, 0.2) is 55.2 Å². The second-order valence-electron chi connectivity index (χ2n) is 5.95. The van der Waals surface area contributed by atoms with E-state index in [-0.39, 0.29) is 5.91 Å². The number of rotatable bonds is 3. The van der Waals surface area contributed by atoms with Gasteiger partial charge in [-0.25, -0.2) is 9.97 Å². The van der Waals surface area contributed by atoms with Gasteiger partial charge < -0.3 is 9.47 Å². The zero-order valence-corrected chi connectivity index (χ0v) is 14.0. The standard InChI is InChI=1S/C18H18N4OS/c23-18(16-11-20-17(24-16)14-5-2-1-3-6-14)21-9-4-7-15(12-21)22-10-8-19-13-22/h1-3,5-6,8,10-11,13,15H,4,7,9,12H2. The first kappa shape index (κ1) is 15.1. The lowest BCUT2D eigenvalue weighted by atomic mass is 10.1. The van der Waals surface area contributed by atoms with Crippen LogP contribution >= 0.6 is 11.3 Å². The van der Waals surface area contributed by atoms with Crippen molar-refractivity contribution in [1.29, 1.82) is 0 Å².